The largest absolute Gasteiger partial charge is 0.494 e. The third-order valence-electron chi connectivity index (χ3n) is 11.8. The van der Waals surface area contributed by atoms with Crippen LogP contribution in [-0.4, -0.2) is 86.4 Å². The van der Waals surface area contributed by atoms with Crippen LogP contribution in [-0.2, 0) is 13.0 Å². The Kier molecular flexibility index (Phi) is 12.3. The number of anilines is 1. The molecule has 1 amide bonds. The van der Waals surface area contributed by atoms with E-state index in [9.17, 15) is 9.90 Å². The Bertz CT molecular complexity index is 2900. The molecule has 7 aromatic rings. The number of hydrogen-bond acceptors (Lipinski definition) is 8. The zero-order valence-electron chi connectivity index (χ0n) is 36.8. The molecule has 0 radical (unpaired) electrons. The van der Waals surface area contributed by atoms with Crippen LogP contribution in [0.5, 0.6) is 11.5 Å². The van der Waals surface area contributed by atoms with E-state index in [0.717, 1.165) is 61.6 Å². The molecule has 14 heteroatoms. The minimum Gasteiger partial charge on any atom is -0.494 e. The van der Waals surface area contributed by atoms with Gasteiger partial charge in [-0.1, -0.05) is 35.3 Å². The summed E-state index contributed by atoms with van der Waals surface area (Å²) in [5.41, 5.74) is 9.49. The molecular weight excluding hydrogens is 837 g/mol. The number of rotatable bonds is 14. The highest BCUT2D eigenvalue weighted by Gasteiger charge is 2.40. The zero-order valence-corrected chi connectivity index (χ0v) is 38.4. The predicted molar refractivity (Wildman–Crippen MR) is 250 cm³/mol. The molecule has 1 N–H and O–H groups in total. The first-order valence-corrected chi connectivity index (χ1v) is 21.8. The molecule has 63 heavy (non-hydrogen) atoms. The van der Waals surface area contributed by atoms with Crippen LogP contribution in [0.4, 0.5) is 5.69 Å². The van der Waals surface area contributed by atoms with Gasteiger partial charge < -0.3 is 33.5 Å². The molecule has 12 nitrogen and oxygen atoms in total. The van der Waals surface area contributed by atoms with Crippen molar-refractivity contribution >= 4 is 62.6 Å². The second kappa shape index (κ2) is 17.7. The summed E-state index contributed by atoms with van der Waals surface area (Å²) in [7, 11) is 3.95. The number of carboxylic acids is 1. The Balaban J connectivity index is 1.31. The van der Waals surface area contributed by atoms with Crippen LogP contribution in [0.25, 0.3) is 32.9 Å². The second-order valence-corrected chi connectivity index (χ2v) is 17.5. The van der Waals surface area contributed by atoms with E-state index in [0.29, 0.717) is 76.4 Å². The van der Waals surface area contributed by atoms with Crippen LogP contribution in [0.2, 0.25) is 10.0 Å². The summed E-state index contributed by atoms with van der Waals surface area (Å²) in [5, 5.41) is 13.8. The Morgan fingerprint density at radius 2 is 1.60 bits per heavy atom. The average Bonchev–Trinajstić information content (AvgIpc) is 3.73. The van der Waals surface area contributed by atoms with Crippen LogP contribution in [0.15, 0.2) is 67.0 Å². The number of amides is 1. The Hall–Kier alpha value is -5.95. The van der Waals surface area contributed by atoms with E-state index in [2.05, 4.69) is 21.5 Å². The number of carbonyl (C=O) groups excluding carboxylic acids is 1. The predicted octanol–water partition coefficient (Wildman–Crippen LogP) is 10.2. The maximum absolute atomic E-state index is 15.7. The van der Waals surface area contributed by atoms with Crippen molar-refractivity contribution in [2.24, 2.45) is 0 Å². The second-order valence-electron chi connectivity index (χ2n) is 16.7. The molecular formula is C49H51Cl2N7O5. The summed E-state index contributed by atoms with van der Waals surface area (Å²) in [6, 6.07) is 18.6. The fourth-order valence-electron chi connectivity index (χ4n) is 9.00. The minimum absolute atomic E-state index is 0.0104. The van der Waals surface area contributed by atoms with E-state index in [-0.39, 0.29) is 30.7 Å². The van der Waals surface area contributed by atoms with Crippen molar-refractivity contribution in [3.63, 3.8) is 0 Å². The van der Waals surface area contributed by atoms with Crippen molar-refractivity contribution in [2.45, 2.75) is 67.0 Å². The third-order valence-corrected chi connectivity index (χ3v) is 12.7. The SMILES string of the molecule is Cc1cccc(Cn2c(C(=O)O)c(N3C[C@@H](C)n4c(c(CCCOc5cc(C)c(Cl)c(C)c5)c5ccc(Cl)c(-c6c(C)ncnc6C)c54)C3=O)c3cc(OCCN(C)C)ccc32)n1. The van der Waals surface area contributed by atoms with Gasteiger partial charge in [0.05, 0.1) is 40.6 Å². The van der Waals surface area contributed by atoms with Crippen molar-refractivity contribution in [1.29, 1.82) is 0 Å². The molecule has 0 bridgehead atoms. The standard InChI is InChI=1S/C49H51Cl2N7O5/c1-27-21-35(22-28(2)43(27)51)62-19-10-13-36-37-15-16-39(50)42(41-31(5)52-26-53-32(41)6)44(37)58-30(4)24-57(48(59)46(36)58)45-38-23-34(63-20-18-55(7)8)14-17-40(38)56(47(45)49(60)61)25-33-12-9-11-29(3)54-33/h9,11-12,14-17,21-23,26,30H,10,13,18-20,24-25H2,1-8H3,(H,60,61)/t30-/m1/s1. The number of carboxylic acid groups (broad SMARTS) is 1. The third kappa shape index (κ3) is 8.23. The fourth-order valence-corrected chi connectivity index (χ4v) is 9.35. The summed E-state index contributed by atoms with van der Waals surface area (Å²) in [6.45, 7) is 13.6. The van der Waals surface area contributed by atoms with E-state index < -0.39 is 5.97 Å². The summed E-state index contributed by atoms with van der Waals surface area (Å²) >= 11 is 13.6. The number of pyridine rings is 1. The van der Waals surface area contributed by atoms with Crippen LogP contribution in [0, 0.1) is 34.6 Å². The number of aromatic carboxylic acids is 1. The first-order chi connectivity index (χ1) is 30.1. The van der Waals surface area contributed by atoms with E-state index >= 15 is 4.79 Å². The number of halogens is 2. The first-order valence-electron chi connectivity index (χ1n) is 21.1. The summed E-state index contributed by atoms with van der Waals surface area (Å²) in [4.78, 5) is 46.9. The van der Waals surface area contributed by atoms with E-state index in [4.69, 9.17) is 37.7 Å². The number of likely N-dealkylation sites (N-methyl/N-ethyl adjacent to an activating group) is 1. The molecule has 326 valence electrons. The Morgan fingerprint density at radius 1 is 0.889 bits per heavy atom. The highest BCUT2D eigenvalue weighted by atomic mass is 35.5. The van der Waals surface area contributed by atoms with Crippen LogP contribution in [0.1, 0.15) is 79.8 Å². The smallest absolute Gasteiger partial charge is 0.354 e. The normalized spacial score (nSPS) is 14.0. The van der Waals surface area contributed by atoms with E-state index in [1.165, 1.54) is 0 Å². The van der Waals surface area contributed by atoms with Crippen molar-refractivity contribution in [3.05, 3.63) is 128 Å². The number of nitrogens with zero attached hydrogens (tertiary/aromatic N) is 7. The molecule has 0 fully saturated rings. The maximum atomic E-state index is 15.7. The van der Waals surface area contributed by atoms with Gasteiger partial charge in [0, 0.05) is 63.1 Å². The number of aromatic nitrogens is 5. The van der Waals surface area contributed by atoms with Crippen molar-refractivity contribution in [1.82, 2.24) is 29.0 Å². The van der Waals surface area contributed by atoms with E-state index in [1.807, 2.05) is 114 Å². The number of ether oxygens (including phenoxy) is 2. The Morgan fingerprint density at radius 3 is 2.29 bits per heavy atom. The lowest BCUT2D eigenvalue weighted by Crippen LogP contribution is -2.43. The molecule has 1 aliphatic rings. The monoisotopic (exact) mass is 887 g/mol. The molecule has 0 spiro atoms. The lowest BCUT2D eigenvalue weighted by molar-refractivity contribution is 0.0687. The van der Waals surface area contributed by atoms with Gasteiger partial charge in [0.25, 0.3) is 5.91 Å². The highest BCUT2D eigenvalue weighted by molar-refractivity contribution is 6.35. The van der Waals surface area contributed by atoms with Gasteiger partial charge in [-0.25, -0.2) is 14.8 Å². The van der Waals surface area contributed by atoms with E-state index in [1.54, 1.807) is 15.8 Å². The number of carbonyl (C=O) groups is 2. The lowest BCUT2D eigenvalue weighted by atomic mass is 9.97. The van der Waals surface area contributed by atoms with Crippen molar-refractivity contribution in [2.75, 3.05) is 45.3 Å². The van der Waals surface area contributed by atoms with Crippen molar-refractivity contribution < 1.29 is 24.2 Å². The topological polar surface area (TPSA) is 128 Å². The fraction of sp³-hybridized carbons (Fsp3) is 0.327. The van der Waals surface area contributed by atoms with Crippen LogP contribution in [0.3, 0.4) is 0 Å². The Labute approximate surface area is 377 Å². The summed E-state index contributed by atoms with van der Waals surface area (Å²) in [6.07, 6.45) is 2.60. The quantitative estimate of drug-likeness (QED) is 0.106. The molecule has 1 atom stereocenters. The van der Waals surface area contributed by atoms with Gasteiger partial charge in [-0.05, 0) is 134 Å². The zero-order chi connectivity index (χ0) is 44.9. The molecule has 0 saturated carbocycles. The van der Waals surface area contributed by atoms with Gasteiger partial charge in [0.15, 0.2) is 5.69 Å². The summed E-state index contributed by atoms with van der Waals surface area (Å²) in [5.74, 6) is -0.189. The van der Waals surface area contributed by atoms with Gasteiger partial charge in [-0.15, -0.1) is 0 Å². The molecule has 1 aliphatic heterocycles. The van der Waals surface area contributed by atoms with Crippen LogP contribution < -0.4 is 14.4 Å². The molecule has 5 heterocycles. The molecule has 3 aromatic carbocycles. The number of fused-ring (bicyclic) bond motifs is 4. The van der Waals surface area contributed by atoms with Crippen molar-refractivity contribution in [3.8, 4) is 22.6 Å². The van der Waals surface area contributed by atoms with Gasteiger partial charge >= 0.3 is 5.97 Å². The van der Waals surface area contributed by atoms with Gasteiger partial charge in [-0.3, -0.25) is 9.78 Å². The molecule has 4 aromatic heterocycles. The molecule has 0 saturated heterocycles. The lowest BCUT2D eigenvalue weighted by Gasteiger charge is -2.34. The first kappa shape index (κ1) is 43.7. The molecule has 0 aliphatic carbocycles. The number of benzene rings is 3. The highest BCUT2D eigenvalue weighted by Crippen LogP contribution is 2.46. The van der Waals surface area contributed by atoms with Gasteiger partial charge in [0.2, 0.25) is 0 Å². The number of hydrogen-bond donors (Lipinski definition) is 1. The average molecular weight is 889 g/mol. The number of aryl methyl sites for hydroxylation is 6. The minimum atomic E-state index is -1.16. The van der Waals surface area contributed by atoms with Gasteiger partial charge in [-0.2, -0.15) is 0 Å². The molecule has 0 unspecified atom stereocenters. The van der Waals surface area contributed by atoms with Gasteiger partial charge in [0.1, 0.15) is 30.1 Å². The summed E-state index contributed by atoms with van der Waals surface area (Å²) < 4.78 is 16.3. The van der Waals surface area contributed by atoms with Crippen LogP contribution >= 0.6 is 23.2 Å². The molecule has 8 rings (SSSR count). The maximum Gasteiger partial charge on any atom is 0.354 e.